The second kappa shape index (κ2) is 6.42. The molecular formula is C15H18ClNOS. The van der Waals surface area contributed by atoms with Crippen LogP contribution in [0.2, 0.25) is 5.02 Å². The molecule has 0 aliphatic heterocycles. The average molecular weight is 296 g/mol. The third kappa shape index (κ3) is 3.96. The summed E-state index contributed by atoms with van der Waals surface area (Å²) in [5.41, 5.74) is 0.835. The highest BCUT2D eigenvalue weighted by Crippen LogP contribution is 2.26. The smallest absolute Gasteiger partial charge is 0.138 e. The van der Waals surface area contributed by atoms with Gasteiger partial charge >= 0.3 is 0 Å². The minimum atomic E-state index is 0.177. The molecule has 1 heterocycles. The van der Waals surface area contributed by atoms with Crippen LogP contribution in [0.15, 0.2) is 30.3 Å². The second-order valence-electron chi connectivity index (χ2n) is 4.75. The minimum Gasteiger partial charge on any atom is -0.506 e. The van der Waals surface area contributed by atoms with Gasteiger partial charge in [-0.2, -0.15) is 0 Å². The normalized spacial score (nSPS) is 12.6. The maximum atomic E-state index is 9.83. The van der Waals surface area contributed by atoms with Crippen LogP contribution in [0.1, 0.15) is 22.2 Å². The molecule has 0 saturated carbocycles. The Bertz CT molecular complexity index is 553. The highest BCUT2D eigenvalue weighted by molar-refractivity contribution is 7.11. The Labute approximate surface area is 123 Å². The first kappa shape index (κ1) is 14.4. The molecule has 0 aliphatic carbocycles. The Kier molecular flexibility index (Phi) is 4.86. The molecule has 0 aliphatic rings. The molecule has 0 bridgehead atoms. The fourth-order valence-corrected chi connectivity index (χ4v) is 3.17. The fourth-order valence-electron chi connectivity index (χ4n) is 1.96. The maximum absolute atomic E-state index is 9.83. The predicted octanol–water partition coefficient (Wildman–Crippen LogP) is 4.14. The van der Waals surface area contributed by atoms with Gasteiger partial charge < -0.3 is 10.4 Å². The Morgan fingerprint density at radius 2 is 2.11 bits per heavy atom. The Morgan fingerprint density at radius 3 is 2.79 bits per heavy atom. The van der Waals surface area contributed by atoms with Crippen LogP contribution >= 0.6 is 22.9 Å². The molecule has 2 nitrogen and oxygen atoms in total. The van der Waals surface area contributed by atoms with E-state index in [1.165, 1.54) is 9.75 Å². The molecule has 2 rings (SSSR count). The van der Waals surface area contributed by atoms with E-state index in [2.05, 4.69) is 31.3 Å². The van der Waals surface area contributed by atoms with Crippen LogP contribution in [0, 0.1) is 6.92 Å². The lowest BCUT2D eigenvalue weighted by Gasteiger charge is -2.14. The second-order valence-corrected chi connectivity index (χ2v) is 6.53. The first-order chi connectivity index (χ1) is 9.06. The Morgan fingerprint density at radius 1 is 1.32 bits per heavy atom. The standard InChI is InChI=1S/C15H18ClNOS/c1-10(8-13-7-6-11(2)19-13)17-9-12-4-3-5-14(16)15(12)18/h3-7,10,17-18H,8-9H2,1-2H3. The van der Waals surface area contributed by atoms with E-state index in [0.29, 0.717) is 17.6 Å². The van der Waals surface area contributed by atoms with Gasteiger partial charge in [-0.3, -0.25) is 0 Å². The number of hydrogen-bond donors (Lipinski definition) is 2. The monoisotopic (exact) mass is 295 g/mol. The van der Waals surface area contributed by atoms with Crippen LogP contribution < -0.4 is 5.32 Å². The summed E-state index contributed by atoms with van der Waals surface area (Å²) in [6, 6.07) is 10.1. The summed E-state index contributed by atoms with van der Waals surface area (Å²) in [5.74, 6) is 0.177. The maximum Gasteiger partial charge on any atom is 0.138 e. The fraction of sp³-hybridized carbons (Fsp3) is 0.333. The van der Waals surface area contributed by atoms with Crippen molar-refractivity contribution in [2.24, 2.45) is 0 Å². The van der Waals surface area contributed by atoms with Crippen molar-refractivity contribution in [1.29, 1.82) is 0 Å². The summed E-state index contributed by atoms with van der Waals surface area (Å²) in [4.78, 5) is 2.72. The van der Waals surface area contributed by atoms with Crippen molar-refractivity contribution in [1.82, 2.24) is 5.32 Å². The van der Waals surface area contributed by atoms with Crippen LogP contribution in [-0.2, 0) is 13.0 Å². The van der Waals surface area contributed by atoms with Crippen molar-refractivity contribution in [3.63, 3.8) is 0 Å². The summed E-state index contributed by atoms with van der Waals surface area (Å²) in [6.07, 6.45) is 1.000. The molecule has 1 aromatic carbocycles. The van der Waals surface area contributed by atoms with Gasteiger partial charge in [0.2, 0.25) is 0 Å². The molecular weight excluding hydrogens is 278 g/mol. The zero-order valence-corrected chi connectivity index (χ0v) is 12.7. The summed E-state index contributed by atoms with van der Waals surface area (Å²) >= 11 is 7.72. The van der Waals surface area contributed by atoms with Crippen LogP contribution in [0.4, 0.5) is 0 Å². The van der Waals surface area contributed by atoms with Crippen molar-refractivity contribution in [3.05, 3.63) is 50.7 Å². The lowest BCUT2D eigenvalue weighted by molar-refractivity contribution is 0.459. The quantitative estimate of drug-likeness (QED) is 0.869. The van der Waals surface area contributed by atoms with Gasteiger partial charge in [-0.1, -0.05) is 23.7 Å². The van der Waals surface area contributed by atoms with E-state index in [1.54, 1.807) is 6.07 Å². The summed E-state index contributed by atoms with van der Waals surface area (Å²) in [5, 5.41) is 13.6. The molecule has 0 radical (unpaired) electrons. The number of phenolic OH excluding ortho intramolecular Hbond substituents is 1. The van der Waals surface area contributed by atoms with Gasteiger partial charge in [0.1, 0.15) is 5.75 Å². The molecule has 2 aromatic rings. The molecule has 2 N–H and O–H groups in total. The van der Waals surface area contributed by atoms with Crippen molar-refractivity contribution < 1.29 is 5.11 Å². The Hall–Kier alpha value is -1.03. The molecule has 1 aromatic heterocycles. The van der Waals surface area contributed by atoms with Gasteiger partial charge in [0.15, 0.2) is 0 Å². The molecule has 1 unspecified atom stereocenters. The third-order valence-electron chi connectivity index (χ3n) is 3.01. The van der Waals surface area contributed by atoms with Crippen LogP contribution in [0.25, 0.3) is 0 Å². The van der Waals surface area contributed by atoms with Gasteiger partial charge in [-0.15, -0.1) is 11.3 Å². The largest absolute Gasteiger partial charge is 0.506 e. The minimum absolute atomic E-state index is 0.177. The number of aromatic hydroxyl groups is 1. The van der Waals surface area contributed by atoms with E-state index in [1.807, 2.05) is 23.5 Å². The molecule has 0 amide bonds. The lowest BCUT2D eigenvalue weighted by atomic mass is 10.1. The van der Waals surface area contributed by atoms with Gasteiger partial charge in [-0.05, 0) is 38.5 Å². The predicted molar refractivity (Wildman–Crippen MR) is 82.2 cm³/mol. The lowest BCUT2D eigenvalue weighted by Crippen LogP contribution is -2.27. The van der Waals surface area contributed by atoms with E-state index in [9.17, 15) is 5.11 Å². The molecule has 102 valence electrons. The van der Waals surface area contributed by atoms with Gasteiger partial charge in [-0.25, -0.2) is 0 Å². The van der Waals surface area contributed by atoms with Crippen LogP contribution in [0.5, 0.6) is 5.75 Å². The van der Waals surface area contributed by atoms with E-state index in [4.69, 9.17) is 11.6 Å². The third-order valence-corrected chi connectivity index (χ3v) is 4.34. The summed E-state index contributed by atoms with van der Waals surface area (Å²) in [6.45, 7) is 4.89. The van der Waals surface area contributed by atoms with E-state index in [-0.39, 0.29) is 5.75 Å². The number of hydrogen-bond acceptors (Lipinski definition) is 3. The molecule has 19 heavy (non-hydrogen) atoms. The van der Waals surface area contributed by atoms with Gasteiger partial charge in [0.25, 0.3) is 0 Å². The number of nitrogens with one attached hydrogen (secondary N) is 1. The zero-order chi connectivity index (χ0) is 13.8. The van der Waals surface area contributed by atoms with Crippen LogP contribution in [0.3, 0.4) is 0 Å². The first-order valence-corrected chi connectivity index (χ1v) is 7.50. The van der Waals surface area contributed by atoms with Crippen molar-refractivity contribution in [2.45, 2.75) is 32.9 Å². The molecule has 0 saturated heterocycles. The van der Waals surface area contributed by atoms with Crippen molar-refractivity contribution in [3.8, 4) is 5.75 Å². The van der Waals surface area contributed by atoms with Gasteiger partial charge in [0, 0.05) is 27.9 Å². The highest BCUT2D eigenvalue weighted by Gasteiger charge is 2.08. The molecule has 4 heteroatoms. The first-order valence-electron chi connectivity index (χ1n) is 6.31. The number of phenols is 1. The average Bonchev–Trinajstić information content (AvgIpc) is 2.76. The van der Waals surface area contributed by atoms with E-state index >= 15 is 0 Å². The number of para-hydroxylation sites is 1. The van der Waals surface area contributed by atoms with Crippen molar-refractivity contribution in [2.75, 3.05) is 0 Å². The highest BCUT2D eigenvalue weighted by atomic mass is 35.5. The Balaban J connectivity index is 1.89. The topological polar surface area (TPSA) is 32.3 Å². The molecule has 0 fully saturated rings. The molecule has 1 atom stereocenters. The molecule has 0 spiro atoms. The number of halogens is 1. The number of rotatable bonds is 5. The van der Waals surface area contributed by atoms with E-state index in [0.717, 1.165) is 12.0 Å². The number of benzene rings is 1. The van der Waals surface area contributed by atoms with Crippen molar-refractivity contribution >= 4 is 22.9 Å². The van der Waals surface area contributed by atoms with Crippen LogP contribution in [-0.4, -0.2) is 11.1 Å². The number of thiophene rings is 1. The van der Waals surface area contributed by atoms with Gasteiger partial charge in [0.05, 0.1) is 5.02 Å². The summed E-state index contributed by atoms with van der Waals surface area (Å²) in [7, 11) is 0. The SMILES string of the molecule is Cc1ccc(CC(C)NCc2cccc(Cl)c2O)s1. The zero-order valence-electron chi connectivity index (χ0n) is 11.1. The van der Waals surface area contributed by atoms with E-state index < -0.39 is 0 Å². The number of aryl methyl sites for hydroxylation is 1. The summed E-state index contributed by atoms with van der Waals surface area (Å²) < 4.78 is 0.